The first-order chi connectivity index (χ1) is 3.39. The van der Waals surface area contributed by atoms with Crippen LogP contribution in [-0.4, -0.2) is 6.04 Å². The van der Waals surface area contributed by atoms with Gasteiger partial charge < -0.3 is 5.73 Å². The van der Waals surface area contributed by atoms with E-state index in [0.717, 1.165) is 11.8 Å². The van der Waals surface area contributed by atoms with Crippen LogP contribution in [0.2, 0.25) is 0 Å². The Bertz CT molecular complexity index is 117. The highest BCUT2D eigenvalue weighted by Crippen LogP contribution is 2.45. The topological polar surface area (TPSA) is 26.0 Å². The molecule has 0 saturated heterocycles. The first-order valence-corrected chi connectivity index (χ1v) is 2.82. The SMILES string of the molecule is NC1C2C=CCC12. The van der Waals surface area contributed by atoms with Crippen molar-refractivity contribution in [2.24, 2.45) is 17.6 Å². The van der Waals surface area contributed by atoms with Crippen LogP contribution in [0.3, 0.4) is 0 Å². The van der Waals surface area contributed by atoms with Crippen molar-refractivity contribution in [2.45, 2.75) is 12.5 Å². The molecule has 0 bridgehead atoms. The van der Waals surface area contributed by atoms with Crippen LogP contribution in [0.1, 0.15) is 6.42 Å². The Balaban J connectivity index is 2.18. The van der Waals surface area contributed by atoms with Gasteiger partial charge >= 0.3 is 0 Å². The van der Waals surface area contributed by atoms with Gasteiger partial charge in [-0.25, -0.2) is 0 Å². The summed E-state index contributed by atoms with van der Waals surface area (Å²) in [6.07, 6.45) is 5.72. The average Bonchev–Trinajstić information content (AvgIpc) is 2.26. The van der Waals surface area contributed by atoms with E-state index in [2.05, 4.69) is 12.2 Å². The fourth-order valence-corrected chi connectivity index (χ4v) is 1.41. The average molecular weight is 95.1 g/mol. The Labute approximate surface area is 43.2 Å². The molecule has 2 aliphatic carbocycles. The third-order valence-corrected chi connectivity index (χ3v) is 2.06. The van der Waals surface area contributed by atoms with Crippen molar-refractivity contribution in [3.63, 3.8) is 0 Å². The fourth-order valence-electron chi connectivity index (χ4n) is 1.41. The van der Waals surface area contributed by atoms with Crippen LogP contribution in [0.5, 0.6) is 0 Å². The van der Waals surface area contributed by atoms with Crippen molar-refractivity contribution in [2.75, 3.05) is 0 Å². The molecule has 7 heavy (non-hydrogen) atoms. The minimum absolute atomic E-state index is 0.532. The van der Waals surface area contributed by atoms with Crippen molar-refractivity contribution in [1.82, 2.24) is 0 Å². The molecule has 3 unspecified atom stereocenters. The molecule has 0 radical (unpaired) electrons. The molecule has 1 heteroatoms. The van der Waals surface area contributed by atoms with E-state index in [0.29, 0.717) is 6.04 Å². The van der Waals surface area contributed by atoms with E-state index in [4.69, 9.17) is 5.73 Å². The molecule has 1 fully saturated rings. The second kappa shape index (κ2) is 0.920. The van der Waals surface area contributed by atoms with Gasteiger partial charge in [-0.15, -0.1) is 0 Å². The number of nitrogens with two attached hydrogens (primary N) is 1. The molecule has 2 rings (SSSR count). The predicted octanol–water partition coefficient (Wildman–Crippen LogP) is 0.520. The second-order valence-corrected chi connectivity index (χ2v) is 2.48. The lowest BCUT2D eigenvalue weighted by Crippen LogP contribution is -2.03. The van der Waals surface area contributed by atoms with E-state index in [-0.39, 0.29) is 0 Å². The van der Waals surface area contributed by atoms with Crippen LogP contribution in [0.15, 0.2) is 12.2 Å². The van der Waals surface area contributed by atoms with Gasteiger partial charge in [-0.1, -0.05) is 12.2 Å². The molecule has 1 nitrogen and oxygen atoms in total. The summed E-state index contributed by atoms with van der Waals surface area (Å²) in [6, 6.07) is 0.532. The van der Waals surface area contributed by atoms with E-state index >= 15 is 0 Å². The zero-order valence-electron chi connectivity index (χ0n) is 4.17. The van der Waals surface area contributed by atoms with E-state index in [1.165, 1.54) is 6.42 Å². The molecule has 1 saturated carbocycles. The zero-order valence-corrected chi connectivity index (χ0v) is 4.17. The van der Waals surface area contributed by atoms with E-state index in [1.807, 2.05) is 0 Å². The largest absolute Gasteiger partial charge is 0.327 e. The normalized spacial score (nSPS) is 54.7. The molecule has 3 atom stereocenters. The first-order valence-electron chi connectivity index (χ1n) is 2.82. The van der Waals surface area contributed by atoms with Crippen molar-refractivity contribution in [1.29, 1.82) is 0 Å². The van der Waals surface area contributed by atoms with Crippen LogP contribution in [-0.2, 0) is 0 Å². The maximum absolute atomic E-state index is 5.62. The lowest BCUT2D eigenvalue weighted by molar-refractivity contribution is 0.816. The van der Waals surface area contributed by atoms with Crippen LogP contribution >= 0.6 is 0 Å². The van der Waals surface area contributed by atoms with Gasteiger partial charge in [-0.3, -0.25) is 0 Å². The molecule has 0 aliphatic heterocycles. The van der Waals surface area contributed by atoms with Gasteiger partial charge in [-0.2, -0.15) is 0 Å². The van der Waals surface area contributed by atoms with Crippen LogP contribution in [0.4, 0.5) is 0 Å². The third kappa shape index (κ3) is 0.317. The standard InChI is InChI=1S/C6H9N/c7-6-4-2-1-3-5(4)6/h1-2,4-6H,3,7H2. The number of hydrogen-bond acceptors (Lipinski definition) is 1. The predicted molar refractivity (Wildman–Crippen MR) is 28.7 cm³/mol. The van der Waals surface area contributed by atoms with Gasteiger partial charge in [-0.05, 0) is 18.3 Å². The summed E-state index contributed by atoms with van der Waals surface area (Å²) in [7, 11) is 0. The van der Waals surface area contributed by atoms with Gasteiger partial charge in [0.05, 0.1) is 0 Å². The van der Waals surface area contributed by atoms with Crippen LogP contribution in [0.25, 0.3) is 0 Å². The molecule has 0 aromatic heterocycles. The van der Waals surface area contributed by atoms with Gasteiger partial charge in [0, 0.05) is 6.04 Å². The number of hydrogen-bond donors (Lipinski definition) is 1. The minimum atomic E-state index is 0.532. The summed E-state index contributed by atoms with van der Waals surface area (Å²) in [5.41, 5.74) is 5.62. The molecule has 2 N–H and O–H groups in total. The Hall–Kier alpha value is -0.300. The second-order valence-electron chi connectivity index (χ2n) is 2.48. The minimum Gasteiger partial charge on any atom is -0.327 e. The Morgan fingerprint density at radius 2 is 2.43 bits per heavy atom. The van der Waals surface area contributed by atoms with Crippen LogP contribution in [0, 0.1) is 11.8 Å². The lowest BCUT2D eigenvalue weighted by atomic mass is 10.3. The van der Waals surface area contributed by atoms with Crippen molar-refractivity contribution in [3.05, 3.63) is 12.2 Å². The molecular weight excluding hydrogens is 86.1 g/mol. The van der Waals surface area contributed by atoms with Crippen LogP contribution < -0.4 is 5.73 Å². The van der Waals surface area contributed by atoms with E-state index in [9.17, 15) is 0 Å². The molecule has 2 aliphatic rings. The molecule has 0 spiro atoms. The molecule has 0 aromatic carbocycles. The number of allylic oxidation sites excluding steroid dienone is 1. The number of fused-ring (bicyclic) bond motifs is 1. The summed E-state index contributed by atoms with van der Waals surface area (Å²) in [4.78, 5) is 0. The highest BCUT2D eigenvalue weighted by Gasteiger charge is 2.47. The van der Waals surface area contributed by atoms with Crippen molar-refractivity contribution < 1.29 is 0 Å². The molecule has 38 valence electrons. The Kier molecular flexibility index (Phi) is 0.482. The summed E-state index contributed by atoms with van der Waals surface area (Å²) in [5.74, 6) is 1.62. The van der Waals surface area contributed by atoms with Gasteiger partial charge in [0.1, 0.15) is 0 Å². The van der Waals surface area contributed by atoms with E-state index < -0.39 is 0 Å². The van der Waals surface area contributed by atoms with E-state index in [1.54, 1.807) is 0 Å². The zero-order chi connectivity index (χ0) is 4.85. The van der Waals surface area contributed by atoms with Gasteiger partial charge in [0.25, 0.3) is 0 Å². The first kappa shape index (κ1) is 3.67. The summed E-state index contributed by atoms with van der Waals surface area (Å²) in [5, 5.41) is 0. The van der Waals surface area contributed by atoms with Gasteiger partial charge in [0.2, 0.25) is 0 Å². The maximum Gasteiger partial charge on any atom is 0.0143 e. The smallest absolute Gasteiger partial charge is 0.0143 e. The number of rotatable bonds is 0. The lowest BCUT2D eigenvalue weighted by Gasteiger charge is -1.82. The summed E-state index contributed by atoms with van der Waals surface area (Å²) < 4.78 is 0. The molecule has 0 amide bonds. The maximum atomic E-state index is 5.62. The molecular formula is C6H9N. The fraction of sp³-hybridized carbons (Fsp3) is 0.667. The Morgan fingerprint density at radius 3 is 2.71 bits per heavy atom. The highest BCUT2D eigenvalue weighted by atomic mass is 14.8. The Morgan fingerprint density at radius 1 is 1.57 bits per heavy atom. The molecule has 0 heterocycles. The quantitative estimate of drug-likeness (QED) is 0.436. The van der Waals surface area contributed by atoms with Crippen molar-refractivity contribution >= 4 is 0 Å². The van der Waals surface area contributed by atoms with Crippen molar-refractivity contribution in [3.8, 4) is 0 Å². The monoisotopic (exact) mass is 95.1 g/mol. The summed E-state index contributed by atoms with van der Waals surface area (Å²) >= 11 is 0. The molecule has 0 aromatic rings. The summed E-state index contributed by atoms with van der Waals surface area (Å²) in [6.45, 7) is 0. The highest BCUT2D eigenvalue weighted by molar-refractivity contribution is 5.19. The van der Waals surface area contributed by atoms with Gasteiger partial charge in [0.15, 0.2) is 0 Å². The third-order valence-electron chi connectivity index (χ3n) is 2.06.